The van der Waals surface area contributed by atoms with Crippen LogP contribution in [0, 0.1) is 0 Å². The first-order valence-corrected chi connectivity index (χ1v) is 5.14. The predicted molar refractivity (Wildman–Crippen MR) is 62.6 cm³/mol. The molecular formula is C13H10N2O2. The standard InChI is InChI=1S/C13H10N2O2/c14-15-11-6-8-12(9-7-11)17-13(16)10-4-2-1-3-5-10/h1-9,12H. The smallest absolute Gasteiger partial charge is 0.339 e. The fourth-order valence-electron chi connectivity index (χ4n) is 1.42. The first-order valence-electron chi connectivity index (χ1n) is 5.14. The average Bonchev–Trinajstić information content (AvgIpc) is 2.40. The summed E-state index contributed by atoms with van der Waals surface area (Å²) in [6.45, 7) is 0. The van der Waals surface area contributed by atoms with E-state index in [2.05, 4.69) is 4.79 Å². The predicted octanol–water partition coefficient (Wildman–Crippen LogP) is 2.01. The summed E-state index contributed by atoms with van der Waals surface area (Å²) in [6.07, 6.45) is 6.05. The Morgan fingerprint density at radius 2 is 1.82 bits per heavy atom. The summed E-state index contributed by atoms with van der Waals surface area (Å²) < 4.78 is 5.22. The van der Waals surface area contributed by atoms with Crippen LogP contribution >= 0.6 is 0 Å². The van der Waals surface area contributed by atoms with Crippen LogP contribution in [0.1, 0.15) is 10.4 Å². The fraction of sp³-hybridized carbons (Fsp3) is 0.0769. The lowest BCUT2D eigenvalue weighted by Gasteiger charge is -2.11. The fourth-order valence-corrected chi connectivity index (χ4v) is 1.42. The number of carbonyl (C=O) groups is 1. The lowest BCUT2D eigenvalue weighted by Crippen LogP contribution is -2.16. The van der Waals surface area contributed by atoms with Crippen LogP contribution in [0.4, 0.5) is 0 Å². The molecule has 4 nitrogen and oxygen atoms in total. The van der Waals surface area contributed by atoms with Gasteiger partial charge in [-0.15, -0.1) is 0 Å². The van der Waals surface area contributed by atoms with Crippen LogP contribution in [-0.2, 0) is 4.74 Å². The van der Waals surface area contributed by atoms with E-state index in [1.54, 1.807) is 48.6 Å². The number of hydrogen-bond donors (Lipinski definition) is 0. The Morgan fingerprint density at radius 3 is 2.41 bits per heavy atom. The molecule has 0 aromatic heterocycles. The van der Waals surface area contributed by atoms with Crippen molar-refractivity contribution in [3.8, 4) is 0 Å². The van der Waals surface area contributed by atoms with E-state index in [1.807, 2.05) is 6.07 Å². The highest BCUT2D eigenvalue weighted by Gasteiger charge is 2.14. The summed E-state index contributed by atoms with van der Waals surface area (Å²) in [6, 6.07) is 8.78. The van der Waals surface area contributed by atoms with Gasteiger partial charge >= 0.3 is 11.7 Å². The lowest BCUT2D eigenvalue weighted by molar-refractivity contribution is -0.00204. The molecule has 4 heteroatoms. The summed E-state index contributed by atoms with van der Waals surface area (Å²) in [4.78, 5) is 14.7. The van der Waals surface area contributed by atoms with Crippen molar-refractivity contribution in [1.82, 2.24) is 0 Å². The van der Waals surface area contributed by atoms with Crippen LogP contribution in [0.5, 0.6) is 0 Å². The number of benzene rings is 1. The molecule has 0 aliphatic heterocycles. The van der Waals surface area contributed by atoms with E-state index in [0.29, 0.717) is 11.3 Å². The summed E-state index contributed by atoms with van der Waals surface area (Å²) >= 11 is 0. The van der Waals surface area contributed by atoms with Crippen molar-refractivity contribution in [2.75, 3.05) is 0 Å². The minimum Gasteiger partial charge on any atom is -0.450 e. The van der Waals surface area contributed by atoms with E-state index in [0.717, 1.165) is 0 Å². The number of nitrogens with zero attached hydrogens (tertiary/aromatic N) is 2. The molecule has 0 saturated heterocycles. The van der Waals surface area contributed by atoms with Gasteiger partial charge in [0.05, 0.1) is 5.56 Å². The SMILES string of the molecule is [N-]=[N+]=C1C=CC(OC(=O)c2ccccc2)C=C1. The van der Waals surface area contributed by atoms with Gasteiger partial charge < -0.3 is 10.3 Å². The van der Waals surface area contributed by atoms with Crippen LogP contribution in [0.3, 0.4) is 0 Å². The molecule has 17 heavy (non-hydrogen) atoms. The zero-order valence-corrected chi connectivity index (χ0v) is 8.98. The van der Waals surface area contributed by atoms with Crippen molar-refractivity contribution in [3.63, 3.8) is 0 Å². The minimum atomic E-state index is -0.423. The summed E-state index contributed by atoms with van der Waals surface area (Å²) in [7, 11) is 0. The van der Waals surface area contributed by atoms with Crippen LogP contribution < -0.4 is 0 Å². The quantitative estimate of drug-likeness (QED) is 0.440. The van der Waals surface area contributed by atoms with Crippen LogP contribution in [-0.4, -0.2) is 22.6 Å². The van der Waals surface area contributed by atoms with E-state index >= 15 is 0 Å². The molecule has 1 aliphatic rings. The van der Waals surface area contributed by atoms with E-state index in [4.69, 9.17) is 10.3 Å². The van der Waals surface area contributed by atoms with E-state index in [9.17, 15) is 4.79 Å². The Balaban J connectivity index is 2.02. The molecule has 0 spiro atoms. The molecule has 0 saturated carbocycles. The molecule has 1 aromatic rings. The number of hydrogen-bond acceptors (Lipinski definition) is 2. The molecule has 0 amide bonds. The molecule has 84 valence electrons. The molecule has 0 N–H and O–H groups in total. The largest absolute Gasteiger partial charge is 0.450 e. The Kier molecular flexibility index (Phi) is 3.28. The number of rotatable bonds is 2. The van der Waals surface area contributed by atoms with Crippen LogP contribution in [0.15, 0.2) is 54.6 Å². The van der Waals surface area contributed by atoms with E-state index < -0.39 is 6.10 Å². The molecule has 0 radical (unpaired) electrons. The van der Waals surface area contributed by atoms with Gasteiger partial charge in [-0.05, 0) is 24.3 Å². The van der Waals surface area contributed by atoms with Crippen molar-refractivity contribution in [3.05, 3.63) is 65.7 Å². The van der Waals surface area contributed by atoms with Crippen molar-refractivity contribution in [2.45, 2.75) is 6.10 Å². The second-order valence-corrected chi connectivity index (χ2v) is 3.48. The molecule has 1 aliphatic carbocycles. The maximum absolute atomic E-state index is 11.7. The first-order chi connectivity index (χ1) is 8.29. The second kappa shape index (κ2) is 5.05. The van der Waals surface area contributed by atoms with Gasteiger partial charge in [0.1, 0.15) is 6.10 Å². The van der Waals surface area contributed by atoms with Crippen molar-refractivity contribution in [1.29, 1.82) is 0 Å². The van der Waals surface area contributed by atoms with Gasteiger partial charge in [-0.2, -0.15) is 4.79 Å². The Hall–Kier alpha value is -2.45. The molecule has 0 atom stereocenters. The maximum Gasteiger partial charge on any atom is 0.339 e. The molecular weight excluding hydrogens is 216 g/mol. The highest BCUT2D eigenvalue weighted by atomic mass is 16.5. The third kappa shape index (κ3) is 2.77. The highest BCUT2D eigenvalue weighted by Crippen LogP contribution is 2.08. The Morgan fingerprint density at radius 1 is 1.18 bits per heavy atom. The Bertz CT molecular complexity index is 510. The molecule has 0 bridgehead atoms. The second-order valence-electron chi connectivity index (χ2n) is 3.48. The van der Waals surface area contributed by atoms with Crippen molar-refractivity contribution < 1.29 is 14.3 Å². The molecule has 0 fully saturated rings. The highest BCUT2D eigenvalue weighted by molar-refractivity contribution is 6.01. The minimum absolute atomic E-state index is 0.380. The van der Waals surface area contributed by atoms with E-state index in [1.165, 1.54) is 0 Å². The molecule has 0 unspecified atom stereocenters. The summed E-state index contributed by atoms with van der Waals surface area (Å²) in [5.41, 5.74) is 9.45. The normalized spacial score (nSPS) is 17.6. The molecule has 2 rings (SSSR count). The van der Waals surface area contributed by atoms with Gasteiger partial charge in [0.25, 0.3) is 0 Å². The van der Waals surface area contributed by atoms with Crippen molar-refractivity contribution >= 4 is 11.7 Å². The first kappa shape index (κ1) is 11.0. The van der Waals surface area contributed by atoms with Gasteiger partial charge in [-0.1, -0.05) is 18.2 Å². The maximum atomic E-state index is 11.7. The third-order valence-electron chi connectivity index (χ3n) is 2.28. The van der Waals surface area contributed by atoms with Crippen LogP contribution in [0.2, 0.25) is 0 Å². The molecule has 0 heterocycles. The summed E-state index contributed by atoms with van der Waals surface area (Å²) in [5, 5.41) is 0. The number of ether oxygens (including phenoxy) is 1. The molecule has 1 aromatic carbocycles. The topological polar surface area (TPSA) is 62.7 Å². The van der Waals surface area contributed by atoms with Gasteiger partial charge in [0.2, 0.25) is 0 Å². The van der Waals surface area contributed by atoms with Crippen LogP contribution in [0.25, 0.3) is 5.53 Å². The third-order valence-corrected chi connectivity index (χ3v) is 2.28. The van der Waals surface area contributed by atoms with Crippen molar-refractivity contribution in [2.24, 2.45) is 0 Å². The van der Waals surface area contributed by atoms with Gasteiger partial charge in [-0.3, -0.25) is 0 Å². The summed E-state index contributed by atoms with van der Waals surface area (Å²) in [5.74, 6) is -0.380. The average molecular weight is 226 g/mol. The van der Waals surface area contributed by atoms with E-state index in [-0.39, 0.29) is 5.97 Å². The van der Waals surface area contributed by atoms with Gasteiger partial charge in [0, 0.05) is 12.2 Å². The zero-order valence-electron chi connectivity index (χ0n) is 8.98. The number of esters is 1. The Labute approximate surface area is 98.5 Å². The van der Waals surface area contributed by atoms with Gasteiger partial charge in [-0.25, -0.2) is 4.79 Å². The lowest BCUT2D eigenvalue weighted by atomic mass is 10.1. The number of carbonyl (C=O) groups excluding carboxylic acids is 1. The van der Waals surface area contributed by atoms with Gasteiger partial charge in [0.15, 0.2) is 0 Å². The number of allylic oxidation sites excluding steroid dienone is 2. The zero-order chi connectivity index (χ0) is 12.1. The monoisotopic (exact) mass is 226 g/mol.